The number of aromatic nitrogens is 1. The molecule has 0 aliphatic carbocycles. The normalized spacial score (nSPS) is 12.0. The maximum absolute atomic E-state index is 13.0. The zero-order valence-corrected chi connectivity index (χ0v) is 47.6. The number of rotatable bonds is 22. The van der Waals surface area contributed by atoms with Crippen molar-refractivity contribution in [3.63, 3.8) is 0 Å². The number of aromatic carboxylic acids is 1. The van der Waals surface area contributed by atoms with E-state index in [9.17, 15) is 59.1 Å². The molecular weight excluding hydrogens is 943 g/mol. The minimum Gasteiger partial charge on any atom is -0.488 e. The summed E-state index contributed by atoms with van der Waals surface area (Å²) < 4.78 is 23.0. The predicted octanol–water partition coefficient (Wildman–Crippen LogP) is -0.167. The van der Waals surface area contributed by atoms with Gasteiger partial charge >= 0.3 is 35.8 Å². The number of aliphatic carboxylic acids is 5. The first kappa shape index (κ1) is 60.2. The first-order chi connectivity index (χ1) is 28.1. The van der Waals surface area contributed by atoms with Crippen molar-refractivity contribution in [3.8, 4) is 23.1 Å². The second-order valence-electron chi connectivity index (χ2n) is 13.1. The number of piperazine rings is 1. The van der Waals surface area contributed by atoms with E-state index in [-0.39, 0.29) is 284 Å². The Kier molecular flexibility index (Phi) is 27.9. The molecule has 0 unspecified atom stereocenters. The van der Waals surface area contributed by atoms with Gasteiger partial charge in [0.05, 0.1) is 24.1 Å². The summed E-state index contributed by atoms with van der Waals surface area (Å²) in [5.74, 6) is -8.44. The van der Waals surface area contributed by atoms with Crippen LogP contribution in [-0.4, -0.2) is 365 Å². The van der Waals surface area contributed by atoms with Gasteiger partial charge in [0.1, 0.15) is 56.5 Å². The number of ether oxygens (including phenoxy) is 2. The number of hydrogen-bond donors (Lipinski definition) is 6. The van der Waals surface area contributed by atoms with Crippen molar-refractivity contribution < 1.29 is 82.5 Å². The average Bonchev–Trinajstić information content (AvgIpc) is 3.82. The summed E-state index contributed by atoms with van der Waals surface area (Å²) in [6.45, 7) is -2.05. The number of anilines is 2. The van der Waals surface area contributed by atoms with Crippen LogP contribution in [0.15, 0.2) is 51.4 Å². The molecule has 0 saturated carbocycles. The summed E-state index contributed by atoms with van der Waals surface area (Å²) in [6, 6.07) is 8.81. The van der Waals surface area contributed by atoms with Crippen LogP contribution in [0.3, 0.4) is 0 Å². The second-order valence-corrected chi connectivity index (χ2v) is 13.1. The number of benzene rings is 2. The standard InChI is InChI=1S/C37H39N5O17.4K/c43-30(40-7-5-39(6-8-40)16-31(44)45)4-2-21-1-3-23(41(17-32(46)47)18-33(48)49)26(11-21)56-9-10-57-27-12-22-13-28(36-38-15-29(59-36)37(54)55)58-25(22)14-24(27)42(19-34(50)51)20-35(52)53;;;;/h1,3,11-15H,2,4-10,16-20H2,(H,44,45)(H,46,47)(H,48,49)(H,50,51)(H,52,53)(H,54,55);;;;. The van der Waals surface area contributed by atoms with E-state index >= 15 is 0 Å². The quantitative estimate of drug-likeness (QED) is 0.0440. The summed E-state index contributed by atoms with van der Waals surface area (Å²) in [6.07, 6.45) is 1.28. The topological polar surface area (TPSA) is 311 Å². The Morgan fingerprint density at radius 3 is 1.70 bits per heavy atom. The molecule has 0 atom stereocenters. The number of fused-ring (bicyclic) bond motifs is 1. The van der Waals surface area contributed by atoms with Crippen molar-refractivity contribution >= 4 is 270 Å². The monoisotopic (exact) mass is 981 g/mol. The largest absolute Gasteiger partial charge is 0.488 e. The first-order valence-corrected chi connectivity index (χ1v) is 17.8. The number of hydrogen-bond acceptors (Lipinski definition) is 15. The number of oxazole rings is 1. The molecule has 2 aromatic heterocycles. The van der Waals surface area contributed by atoms with E-state index in [2.05, 4.69) is 4.98 Å². The van der Waals surface area contributed by atoms with Crippen molar-refractivity contribution in [1.29, 1.82) is 0 Å². The molecule has 22 nitrogen and oxygen atoms in total. The van der Waals surface area contributed by atoms with Gasteiger partial charge in [-0.2, -0.15) is 0 Å². The number of amides is 1. The Morgan fingerprint density at radius 1 is 0.651 bits per heavy atom. The summed E-state index contributed by atoms with van der Waals surface area (Å²) in [5.41, 5.74) is 0.814. The van der Waals surface area contributed by atoms with Crippen molar-refractivity contribution in [1.82, 2.24) is 14.8 Å². The molecule has 318 valence electrons. The smallest absolute Gasteiger partial charge is 0.373 e. The number of carboxylic acid groups (broad SMARTS) is 6. The van der Waals surface area contributed by atoms with Gasteiger partial charge in [-0.15, -0.1) is 0 Å². The maximum atomic E-state index is 13.0. The Labute approximate surface area is 528 Å². The van der Waals surface area contributed by atoms with Gasteiger partial charge in [0, 0.05) is 250 Å². The van der Waals surface area contributed by atoms with Crippen LogP contribution in [0, 0.1) is 0 Å². The van der Waals surface area contributed by atoms with Gasteiger partial charge in [-0.3, -0.25) is 33.7 Å². The molecule has 1 fully saturated rings. The molecule has 4 aromatic rings. The molecular formula is C37H39K4N5O17. The molecule has 1 aliphatic rings. The third-order valence-corrected chi connectivity index (χ3v) is 8.85. The predicted molar refractivity (Wildman–Crippen MR) is 223 cm³/mol. The van der Waals surface area contributed by atoms with E-state index < -0.39 is 67.8 Å². The average molecular weight is 982 g/mol. The summed E-state index contributed by atoms with van der Waals surface area (Å²) in [5, 5.41) is 56.8. The fraction of sp³-hybridized carbons (Fsp3) is 0.351. The van der Waals surface area contributed by atoms with E-state index in [1.165, 1.54) is 30.3 Å². The fourth-order valence-electron chi connectivity index (χ4n) is 6.27. The first-order valence-electron chi connectivity index (χ1n) is 17.8. The SMILES string of the molecule is O=C(O)CN1CCN(C(=O)CCc2ccc(N(CC(=O)O)CC(=O)O)c(OCCOc3cc4cc(-c5ncc(C(=O)O)o5)oc4cc3N(CC(=O)O)CC(=O)O)c2)CC1.[K].[K].[K].[K]. The molecule has 0 spiro atoms. The van der Waals surface area contributed by atoms with Gasteiger partial charge in [-0.05, 0) is 36.2 Å². The van der Waals surface area contributed by atoms with Gasteiger partial charge in [-0.25, -0.2) is 9.78 Å². The summed E-state index contributed by atoms with van der Waals surface area (Å²) in [7, 11) is 0. The minimum absolute atomic E-state index is 0. The van der Waals surface area contributed by atoms with Gasteiger partial charge in [-0.1, -0.05) is 6.07 Å². The Hall–Kier alpha value is -0.815. The van der Waals surface area contributed by atoms with E-state index in [0.29, 0.717) is 37.1 Å². The molecule has 26 heteroatoms. The van der Waals surface area contributed by atoms with E-state index in [1.54, 1.807) is 15.9 Å². The molecule has 1 amide bonds. The zero-order chi connectivity index (χ0) is 42.8. The van der Waals surface area contributed by atoms with Crippen LogP contribution in [0.25, 0.3) is 22.6 Å². The molecule has 1 saturated heterocycles. The zero-order valence-electron chi connectivity index (χ0n) is 35.1. The van der Waals surface area contributed by atoms with Crippen LogP contribution in [0.4, 0.5) is 11.4 Å². The number of nitrogens with zero attached hydrogens (tertiary/aromatic N) is 5. The number of carboxylic acids is 6. The number of carbonyl (C=O) groups is 7. The number of furan rings is 1. The molecule has 63 heavy (non-hydrogen) atoms. The summed E-state index contributed by atoms with van der Waals surface area (Å²) >= 11 is 0. The fourth-order valence-corrected chi connectivity index (χ4v) is 6.27. The third-order valence-electron chi connectivity index (χ3n) is 8.85. The molecule has 2 aromatic carbocycles. The van der Waals surface area contributed by atoms with Gasteiger partial charge in [0.2, 0.25) is 11.7 Å². The molecule has 1 aliphatic heterocycles. The van der Waals surface area contributed by atoms with Crippen LogP contribution < -0.4 is 19.3 Å². The molecule has 4 radical (unpaired) electrons. The molecule has 0 bridgehead atoms. The maximum Gasteiger partial charge on any atom is 0.373 e. The Morgan fingerprint density at radius 2 is 1.19 bits per heavy atom. The minimum atomic E-state index is -1.37. The van der Waals surface area contributed by atoms with Crippen LogP contribution in [0.1, 0.15) is 22.5 Å². The molecule has 6 N–H and O–H groups in total. The van der Waals surface area contributed by atoms with Crippen LogP contribution in [0.2, 0.25) is 0 Å². The van der Waals surface area contributed by atoms with Crippen molar-refractivity contribution in [2.45, 2.75) is 12.8 Å². The van der Waals surface area contributed by atoms with Crippen molar-refractivity contribution in [2.24, 2.45) is 0 Å². The van der Waals surface area contributed by atoms with E-state index in [4.69, 9.17) is 23.4 Å². The van der Waals surface area contributed by atoms with Crippen molar-refractivity contribution in [3.05, 3.63) is 53.9 Å². The second kappa shape index (κ2) is 29.2. The van der Waals surface area contributed by atoms with E-state index in [1.807, 2.05) is 0 Å². The van der Waals surface area contributed by atoms with Gasteiger partial charge < -0.3 is 63.6 Å². The Balaban J connectivity index is 0.00000496. The number of carbonyl (C=O) groups excluding carboxylic acids is 1. The third kappa shape index (κ3) is 18.7. The molecule has 3 heterocycles. The van der Waals surface area contributed by atoms with Gasteiger partial charge in [0.15, 0.2) is 5.76 Å². The summed E-state index contributed by atoms with van der Waals surface area (Å²) in [4.78, 5) is 91.6. The number of aryl methyl sites for hydroxylation is 1. The Bertz CT molecular complexity index is 2210. The molecule has 5 rings (SSSR count). The van der Waals surface area contributed by atoms with Crippen LogP contribution in [0.5, 0.6) is 11.5 Å². The van der Waals surface area contributed by atoms with Crippen LogP contribution in [-0.2, 0) is 35.2 Å². The van der Waals surface area contributed by atoms with Gasteiger partial charge in [0.25, 0.3) is 5.89 Å². The van der Waals surface area contributed by atoms with Crippen molar-refractivity contribution in [2.75, 3.05) is 81.9 Å². The van der Waals surface area contributed by atoms with Crippen LogP contribution >= 0.6 is 0 Å². The van der Waals surface area contributed by atoms with E-state index in [0.717, 1.165) is 16.0 Å².